The van der Waals surface area contributed by atoms with E-state index < -0.39 is 11.4 Å². The fourth-order valence-electron chi connectivity index (χ4n) is 4.06. The Morgan fingerprint density at radius 2 is 1.29 bits per heavy atom. The van der Waals surface area contributed by atoms with E-state index in [-0.39, 0.29) is 5.78 Å². The van der Waals surface area contributed by atoms with Crippen LogP contribution >= 0.6 is 0 Å². The van der Waals surface area contributed by atoms with Crippen LogP contribution in [0.5, 0.6) is 11.5 Å². The van der Waals surface area contributed by atoms with E-state index in [9.17, 15) is 9.18 Å². The lowest BCUT2D eigenvalue weighted by atomic mass is 9.77. The quantitative estimate of drug-likeness (QED) is 0.291. The second-order valence-corrected chi connectivity index (χ2v) is 7.69. The van der Waals surface area contributed by atoms with Gasteiger partial charge in [0.15, 0.2) is 11.3 Å². The van der Waals surface area contributed by atoms with Crippen molar-refractivity contribution in [2.75, 3.05) is 0 Å². The van der Waals surface area contributed by atoms with Gasteiger partial charge < -0.3 is 4.74 Å². The van der Waals surface area contributed by atoms with Crippen molar-refractivity contribution in [3.63, 3.8) is 0 Å². The molecule has 1 atom stereocenters. The van der Waals surface area contributed by atoms with Crippen LogP contribution in [0.1, 0.15) is 21.5 Å². The number of halogens is 1. The Morgan fingerprint density at radius 1 is 0.735 bits per heavy atom. The SMILES string of the molecule is O=C(c1ccccc1)C(c1ccc(F)cc1)(c1ccc(Oc2ccccc2)cc1)n1cncn1. The van der Waals surface area contributed by atoms with Crippen LogP contribution in [0.4, 0.5) is 4.39 Å². The molecule has 4 aromatic carbocycles. The summed E-state index contributed by atoms with van der Waals surface area (Å²) in [6, 6.07) is 31.5. The number of Topliss-reactive ketones (excluding diaryl/α,β-unsaturated/α-hetero) is 1. The minimum Gasteiger partial charge on any atom is -0.457 e. The summed E-state index contributed by atoms with van der Waals surface area (Å²) in [6.45, 7) is 0. The highest BCUT2D eigenvalue weighted by Gasteiger charge is 2.45. The number of carbonyl (C=O) groups excluding carboxylic acids is 1. The monoisotopic (exact) mass is 449 g/mol. The van der Waals surface area contributed by atoms with Crippen LogP contribution in [-0.4, -0.2) is 20.5 Å². The van der Waals surface area contributed by atoms with Crippen molar-refractivity contribution in [1.29, 1.82) is 0 Å². The fraction of sp³-hybridized carbons (Fsp3) is 0.0357. The lowest BCUT2D eigenvalue weighted by Crippen LogP contribution is -2.44. The van der Waals surface area contributed by atoms with Crippen molar-refractivity contribution in [2.24, 2.45) is 0 Å². The third-order valence-electron chi connectivity index (χ3n) is 5.64. The number of ketones is 1. The maximum atomic E-state index is 14.2. The van der Waals surface area contributed by atoms with Gasteiger partial charge in [0.05, 0.1) is 0 Å². The molecule has 166 valence electrons. The first-order valence-electron chi connectivity index (χ1n) is 10.7. The largest absolute Gasteiger partial charge is 0.457 e. The molecule has 5 aromatic rings. The van der Waals surface area contributed by atoms with Gasteiger partial charge in [-0.2, -0.15) is 5.10 Å². The molecule has 1 aromatic heterocycles. The number of carbonyl (C=O) groups is 1. The second kappa shape index (κ2) is 9.11. The van der Waals surface area contributed by atoms with Crippen molar-refractivity contribution in [3.8, 4) is 11.5 Å². The molecule has 6 heteroatoms. The van der Waals surface area contributed by atoms with E-state index >= 15 is 0 Å². The van der Waals surface area contributed by atoms with Gasteiger partial charge in [0.2, 0.25) is 0 Å². The van der Waals surface area contributed by atoms with Crippen molar-refractivity contribution in [1.82, 2.24) is 14.8 Å². The summed E-state index contributed by atoms with van der Waals surface area (Å²) in [5.41, 5.74) is 0.285. The van der Waals surface area contributed by atoms with Gasteiger partial charge in [0.1, 0.15) is 30.0 Å². The summed E-state index contributed by atoms with van der Waals surface area (Å²) < 4.78 is 21.3. The second-order valence-electron chi connectivity index (χ2n) is 7.69. The summed E-state index contributed by atoms with van der Waals surface area (Å²) in [6.07, 6.45) is 2.88. The molecule has 0 aliphatic rings. The van der Waals surface area contributed by atoms with E-state index in [1.54, 1.807) is 48.5 Å². The molecule has 5 nitrogen and oxygen atoms in total. The standard InChI is InChI=1S/C28H20FN3O2/c29-24-15-11-22(12-16-24)28(32-20-30-19-31-32,27(33)21-7-3-1-4-8-21)23-13-17-26(18-14-23)34-25-9-5-2-6-10-25/h1-20H. The molecule has 0 aliphatic heterocycles. The summed E-state index contributed by atoms with van der Waals surface area (Å²) >= 11 is 0. The summed E-state index contributed by atoms with van der Waals surface area (Å²) in [7, 11) is 0. The minimum absolute atomic E-state index is 0.220. The molecule has 0 fully saturated rings. The molecule has 0 radical (unpaired) electrons. The Labute approximate surface area is 196 Å². The molecule has 0 saturated heterocycles. The van der Waals surface area contributed by atoms with Crippen molar-refractivity contribution in [3.05, 3.63) is 144 Å². The zero-order valence-corrected chi connectivity index (χ0v) is 18.1. The Balaban J connectivity index is 1.69. The van der Waals surface area contributed by atoms with E-state index in [1.807, 2.05) is 48.5 Å². The van der Waals surface area contributed by atoms with Gasteiger partial charge in [0, 0.05) is 5.56 Å². The number of benzene rings is 4. The maximum absolute atomic E-state index is 14.2. The van der Waals surface area contributed by atoms with Gasteiger partial charge in [0.25, 0.3) is 0 Å². The van der Waals surface area contributed by atoms with Crippen LogP contribution in [0, 0.1) is 5.82 Å². The number of hydrogen-bond donors (Lipinski definition) is 0. The zero-order chi connectivity index (χ0) is 23.4. The highest BCUT2D eigenvalue weighted by Crippen LogP contribution is 2.38. The van der Waals surface area contributed by atoms with Gasteiger partial charge in [-0.25, -0.2) is 14.1 Å². The van der Waals surface area contributed by atoms with Crippen LogP contribution in [0.25, 0.3) is 0 Å². The molecule has 0 bridgehead atoms. The van der Waals surface area contributed by atoms with Crippen LogP contribution in [0.3, 0.4) is 0 Å². The van der Waals surface area contributed by atoms with Crippen molar-refractivity contribution in [2.45, 2.75) is 5.54 Å². The third kappa shape index (κ3) is 3.86. The predicted molar refractivity (Wildman–Crippen MR) is 126 cm³/mol. The highest BCUT2D eigenvalue weighted by atomic mass is 19.1. The molecule has 0 saturated carbocycles. The van der Waals surface area contributed by atoms with E-state index in [2.05, 4.69) is 10.1 Å². The maximum Gasteiger partial charge on any atom is 0.199 e. The number of aromatic nitrogens is 3. The average Bonchev–Trinajstić information content (AvgIpc) is 3.43. The predicted octanol–water partition coefficient (Wildman–Crippen LogP) is 5.88. The van der Waals surface area contributed by atoms with Gasteiger partial charge in [-0.3, -0.25) is 4.79 Å². The Bertz CT molecular complexity index is 1370. The van der Waals surface area contributed by atoms with E-state index in [0.717, 1.165) is 0 Å². The highest BCUT2D eigenvalue weighted by molar-refractivity contribution is 6.06. The summed E-state index contributed by atoms with van der Waals surface area (Å²) in [4.78, 5) is 18.3. The third-order valence-corrected chi connectivity index (χ3v) is 5.64. The first-order valence-corrected chi connectivity index (χ1v) is 10.7. The summed E-state index contributed by atoms with van der Waals surface area (Å²) in [5.74, 6) is 0.710. The van der Waals surface area contributed by atoms with Crippen LogP contribution in [0.15, 0.2) is 122 Å². The Hall–Kier alpha value is -4.58. The Morgan fingerprint density at radius 3 is 1.88 bits per heavy atom. The van der Waals surface area contributed by atoms with Crippen LogP contribution < -0.4 is 4.74 Å². The van der Waals surface area contributed by atoms with Crippen molar-refractivity contribution >= 4 is 5.78 Å². The lowest BCUT2D eigenvalue weighted by molar-refractivity contribution is 0.0878. The first kappa shape index (κ1) is 21.3. The summed E-state index contributed by atoms with van der Waals surface area (Å²) in [5, 5.41) is 4.36. The zero-order valence-electron chi connectivity index (χ0n) is 18.1. The molecular formula is C28H20FN3O2. The molecule has 5 rings (SSSR count). The Kier molecular flexibility index (Phi) is 5.70. The molecule has 34 heavy (non-hydrogen) atoms. The van der Waals surface area contributed by atoms with E-state index in [1.165, 1.54) is 29.5 Å². The number of rotatable bonds is 7. The topological polar surface area (TPSA) is 57.0 Å². The van der Waals surface area contributed by atoms with Gasteiger partial charge in [-0.05, 0) is 47.5 Å². The lowest BCUT2D eigenvalue weighted by Gasteiger charge is -2.33. The van der Waals surface area contributed by atoms with Gasteiger partial charge >= 0.3 is 0 Å². The number of hydrogen-bond acceptors (Lipinski definition) is 4. The molecule has 0 spiro atoms. The molecule has 0 amide bonds. The van der Waals surface area contributed by atoms with Gasteiger partial charge in [-0.1, -0.05) is 72.8 Å². The smallest absolute Gasteiger partial charge is 0.199 e. The van der Waals surface area contributed by atoms with Crippen LogP contribution in [0.2, 0.25) is 0 Å². The first-order chi connectivity index (χ1) is 16.7. The number of para-hydroxylation sites is 1. The molecule has 1 unspecified atom stereocenters. The van der Waals surface area contributed by atoms with Crippen LogP contribution in [-0.2, 0) is 5.54 Å². The van der Waals surface area contributed by atoms with E-state index in [0.29, 0.717) is 28.2 Å². The van der Waals surface area contributed by atoms with Crippen molar-refractivity contribution < 1.29 is 13.9 Å². The normalized spacial score (nSPS) is 12.6. The number of nitrogens with zero attached hydrogens (tertiary/aromatic N) is 3. The minimum atomic E-state index is -1.41. The number of ether oxygens (including phenoxy) is 1. The molecular weight excluding hydrogens is 429 g/mol. The average molecular weight is 449 g/mol. The molecule has 0 aliphatic carbocycles. The van der Waals surface area contributed by atoms with E-state index in [4.69, 9.17) is 4.74 Å². The fourth-order valence-corrected chi connectivity index (χ4v) is 4.06. The van der Waals surface area contributed by atoms with Gasteiger partial charge in [-0.15, -0.1) is 0 Å². The molecule has 1 heterocycles. The molecule has 0 N–H and O–H groups in total.